The highest BCUT2D eigenvalue weighted by atomic mass is 16.7. The second-order valence-corrected chi connectivity index (χ2v) is 19.0. The molecule has 11 nitrogen and oxygen atoms in total. The largest absolute Gasteiger partial charge is 0.496 e. The zero-order chi connectivity index (χ0) is 41.8. The number of anilines is 2. The zero-order valence-corrected chi connectivity index (χ0v) is 35.9. The number of amides is 1. The topological polar surface area (TPSA) is 141 Å². The number of carbonyl (C=O) groups is 2. The van der Waals surface area contributed by atoms with E-state index in [2.05, 4.69) is 37.1 Å². The van der Waals surface area contributed by atoms with Crippen molar-refractivity contribution in [2.45, 2.75) is 89.6 Å². The third-order valence-electron chi connectivity index (χ3n) is 14.4. The molecule has 5 fully saturated rings. The first kappa shape index (κ1) is 42.1. The van der Waals surface area contributed by atoms with Crippen LogP contribution in [0.4, 0.5) is 11.4 Å². The van der Waals surface area contributed by atoms with Crippen LogP contribution in [0, 0.1) is 35.0 Å². The maximum atomic E-state index is 14.4. The van der Waals surface area contributed by atoms with Crippen molar-refractivity contribution in [3.63, 3.8) is 0 Å². The summed E-state index contributed by atoms with van der Waals surface area (Å²) in [4.78, 5) is 39.2. The van der Waals surface area contributed by atoms with Crippen molar-refractivity contribution in [1.82, 2.24) is 15.3 Å². The molecule has 3 aromatic carbocycles. The number of hydroxylamine groups is 2. The summed E-state index contributed by atoms with van der Waals surface area (Å²) in [6, 6.07) is 18.9. The van der Waals surface area contributed by atoms with E-state index >= 15 is 0 Å². The number of fused-ring (bicyclic) bond motifs is 2. The third kappa shape index (κ3) is 7.88. The van der Waals surface area contributed by atoms with Crippen molar-refractivity contribution >= 4 is 23.1 Å². The predicted molar refractivity (Wildman–Crippen MR) is 228 cm³/mol. The fourth-order valence-corrected chi connectivity index (χ4v) is 11.1. The molecule has 58 heavy (non-hydrogen) atoms. The van der Waals surface area contributed by atoms with Crippen LogP contribution >= 0.6 is 0 Å². The van der Waals surface area contributed by atoms with E-state index in [1.54, 1.807) is 19.1 Å². The van der Waals surface area contributed by atoms with Gasteiger partial charge in [0, 0.05) is 67.0 Å². The number of Topliss-reactive ketones (excluding diaryl/α,β-unsaturated/α-hetero) is 1. The van der Waals surface area contributed by atoms with Gasteiger partial charge in [0.2, 0.25) is 0 Å². The summed E-state index contributed by atoms with van der Waals surface area (Å²) in [5.74, 6) is 1.99. The lowest BCUT2D eigenvalue weighted by atomic mass is 9.43. The maximum absolute atomic E-state index is 14.4. The van der Waals surface area contributed by atoms with Gasteiger partial charge in [-0.15, -0.1) is 0 Å². The Morgan fingerprint density at radius 2 is 1.81 bits per heavy atom. The number of benzene rings is 3. The van der Waals surface area contributed by atoms with Gasteiger partial charge >= 0.3 is 0 Å². The van der Waals surface area contributed by atoms with Gasteiger partial charge < -0.3 is 35.8 Å². The first-order valence-electron chi connectivity index (χ1n) is 21.0. The van der Waals surface area contributed by atoms with Crippen LogP contribution in [0.5, 0.6) is 5.75 Å². The van der Waals surface area contributed by atoms with Crippen LogP contribution in [0.1, 0.15) is 80.8 Å². The van der Waals surface area contributed by atoms with E-state index in [1.165, 1.54) is 6.42 Å². The first-order chi connectivity index (χ1) is 27.5. The summed E-state index contributed by atoms with van der Waals surface area (Å²) >= 11 is 0. The lowest BCUT2D eigenvalue weighted by molar-refractivity contribution is -0.183. The van der Waals surface area contributed by atoms with Crippen molar-refractivity contribution in [3.8, 4) is 16.9 Å². The van der Waals surface area contributed by atoms with E-state index < -0.39 is 29.7 Å². The smallest absolute Gasteiger partial charge is 0.251 e. The van der Waals surface area contributed by atoms with Crippen LogP contribution in [0.2, 0.25) is 0 Å². The minimum atomic E-state index is -0.868. The van der Waals surface area contributed by atoms with Crippen LogP contribution in [0.3, 0.4) is 0 Å². The Balaban J connectivity index is 1.17. The fourth-order valence-electron chi connectivity index (χ4n) is 11.1. The second kappa shape index (κ2) is 16.2. The van der Waals surface area contributed by atoms with Gasteiger partial charge in [0.15, 0.2) is 5.78 Å². The molecule has 0 spiro atoms. The van der Waals surface area contributed by atoms with E-state index in [-0.39, 0.29) is 36.7 Å². The molecule has 11 heteroatoms. The molecule has 1 amide bonds. The van der Waals surface area contributed by atoms with E-state index in [0.717, 1.165) is 40.8 Å². The molecule has 0 radical (unpaired) electrons. The van der Waals surface area contributed by atoms with Gasteiger partial charge in [-0.05, 0) is 111 Å². The zero-order valence-electron chi connectivity index (χ0n) is 35.9. The molecule has 1 aliphatic heterocycles. The fraction of sp³-hybridized carbons (Fsp3) is 0.574. The summed E-state index contributed by atoms with van der Waals surface area (Å²) in [7, 11) is 9.57. The van der Waals surface area contributed by atoms with Crippen LogP contribution in [0.25, 0.3) is 11.1 Å². The van der Waals surface area contributed by atoms with Crippen molar-refractivity contribution in [2.75, 3.05) is 59.1 Å². The Bertz CT molecular complexity index is 2000. The Kier molecular flexibility index (Phi) is 11.8. The predicted octanol–water partition coefficient (Wildman–Crippen LogP) is 5.98. The standard InChI is InChI=1S/C47H65N5O6/c1-27-31(17-34-22-38(27)46(34,3)4)21-40(55)43-42(28(2)54)41(25-53)58-52(43)24-30-13-11-15-37(44(30)57-9)32-16-33(20-36(19-32)51(7)8)45(56)49-47(26-50(5)6)23-39(47)29-12-10-14-35(48)18-29/h10-16,18-20,27-28,31,34,38-39,41-43,53-54H,17,21-26,48H2,1-9H3,(H,49,56)/t27-,28+,31-,34+,38+,39?,41+,42-,43?,47?/m1/s1. The molecule has 4 aliphatic carbocycles. The Labute approximate surface area is 344 Å². The number of nitrogen functional groups attached to an aromatic ring is 1. The summed E-state index contributed by atoms with van der Waals surface area (Å²) in [5, 5.41) is 26.6. The Morgan fingerprint density at radius 1 is 1.07 bits per heavy atom. The number of nitrogens with two attached hydrogens (primary N) is 1. The van der Waals surface area contributed by atoms with E-state index in [9.17, 15) is 19.8 Å². The van der Waals surface area contributed by atoms with Crippen molar-refractivity contribution in [3.05, 3.63) is 77.4 Å². The monoisotopic (exact) mass is 795 g/mol. The van der Waals surface area contributed by atoms with Crippen LogP contribution in [0.15, 0.2) is 60.7 Å². The molecule has 3 unspecified atom stereocenters. The van der Waals surface area contributed by atoms with Gasteiger partial charge in [-0.25, -0.2) is 0 Å². The number of hydrogen-bond acceptors (Lipinski definition) is 10. The number of likely N-dealkylation sites (N-methyl/N-ethyl adjacent to an activating group) is 1. The molecule has 5 aliphatic rings. The summed E-state index contributed by atoms with van der Waals surface area (Å²) in [6.07, 6.45) is 1.91. The molecule has 8 rings (SSSR count). The third-order valence-corrected chi connectivity index (χ3v) is 14.4. The normalized spacial score (nSPS) is 30.4. The van der Waals surface area contributed by atoms with Crippen molar-refractivity contribution in [1.29, 1.82) is 0 Å². The first-order valence-corrected chi connectivity index (χ1v) is 21.0. The number of rotatable bonds is 15. The average Bonchev–Trinajstić information content (AvgIpc) is 3.73. The molecule has 314 valence electrons. The minimum absolute atomic E-state index is 0.0444. The highest BCUT2D eigenvalue weighted by molar-refractivity contribution is 5.98. The van der Waals surface area contributed by atoms with Gasteiger partial charge in [0.05, 0.1) is 31.9 Å². The average molecular weight is 796 g/mol. The Morgan fingerprint density at radius 3 is 2.43 bits per heavy atom. The number of methoxy groups -OCH3 is 1. The SMILES string of the molecule is COc1c(CN2O[C@@H](CO)[C@@H]([C@H](C)O)C2C(=O)C[C@H]2C[C@H]3C[C@@H]([C@@H]2C)C3(C)C)cccc1-c1cc(C(=O)NC2(CN(C)C)CC2c2cccc(N)c2)cc(N(C)C)c1. The van der Waals surface area contributed by atoms with Gasteiger partial charge in [-0.1, -0.05) is 51.1 Å². The molecule has 4 saturated carbocycles. The van der Waals surface area contributed by atoms with Gasteiger partial charge in [-0.2, -0.15) is 5.06 Å². The number of aliphatic hydroxyl groups excluding tert-OH is 2. The molecule has 3 aromatic rings. The number of aliphatic hydroxyl groups is 2. The molecule has 1 saturated heterocycles. The van der Waals surface area contributed by atoms with Gasteiger partial charge in [0.1, 0.15) is 17.9 Å². The lowest BCUT2D eigenvalue weighted by Gasteiger charge is -2.62. The quantitative estimate of drug-likeness (QED) is 0.136. The Hall–Kier alpha value is -4.00. The van der Waals surface area contributed by atoms with Crippen molar-refractivity contribution < 1.29 is 29.4 Å². The number of nitrogens with one attached hydrogen (secondary N) is 1. The molecular weight excluding hydrogens is 731 g/mol. The maximum Gasteiger partial charge on any atom is 0.251 e. The van der Waals surface area contributed by atoms with E-state index in [4.69, 9.17) is 15.3 Å². The molecule has 5 N–H and O–H groups in total. The van der Waals surface area contributed by atoms with E-state index in [0.29, 0.717) is 53.1 Å². The van der Waals surface area contributed by atoms with Crippen molar-refractivity contribution in [2.24, 2.45) is 35.0 Å². The summed E-state index contributed by atoms with van der Waals surface area (Å²) in [6.45, 7) is 9.27. The number of carbonyl (C=O) groups excluding carboxylic acids is 2. The van der Waals surface area contributed by atoms with Crippen LogP contribution in [-0.4, -0.2) is 104 Å². The summed E-state index contributed by atoms with van der Waals surface area (Å²) < 4.78 is 6.15. The number of ether oxygens (including phenoxy) is 1. The second-order valence-electron chi connectivity index (χ2n) is 19.0. The van der Waals surface area contributed by atoms with Crippen LogP contribution in [-0.2, 0) is 16.2 Å². The molecule has 0 aromatic heterocycles. The van der Waals surface area contributed by atoms with Gasteiger partial charge in [0.25, 0.3) is 5.91 Å². The number of para-hydroxylation sites is 1. The number of hydrogen-bond donors (Lipinski definition) is 4. The number of ketones is 1. The molecule has 2 bridgehead atoms. The number of nitrogens with zero attached hydrogens (tertiary/aromatic N) is 3. The highest BCUT2D eigenvalue weighted by Gasteiger charge is 2.58. The minimum Gasteiger partial charge on any atom is -0.496 e. The molecular formula is C47H65N5O6. The molecule has 1 heterocycles. The molecule has 10 atom stereocenters. The van der Waals surface area contributed by atoms with Gasteiger partial charge in [-0.3, -0.25) is 14.4 Å². The van der Waals surface area contributed by atoms with Crippen LogP contribution < -0.4 is 20.7 Å². The summed E-state index contributed by atoms with van der Waals surface area (Å²) in [5.41, 5.74) is 11.6. The highest BCUT2D eigenvalue weighted by Crippen LogP contribution is 2.63. The lowest BCUT2D eigenvalue weighted by Crippen LogP contribution is -2.55. The van der Waals surface area contributed by atoms with E-state index in [1.807, 2.05) is 87.7 Å².